The molecule has 0 amide bonds. The maximum atomic E-state index is 12.2. The molecule has 1 aromatic heterocycles. The Morgan fingerprint density at radius 2 is 1.92 bits per heavy atom. The smallest absolute Gasteiger partial charge is 0.207 e. The summed E-state index contributed by atoms with van der Waals surface area (Å²) in [6.45, 7) is 6.41. The third-order valence-corrected chi connectivity index (χ3v) is 6.24. The van der Waals surface area contributed by atoms with Crippen LogP contribution in [0.15, 0.2) is 35.8 Å². The summed E-state index contributed by atoms with van der Waals surface area (Å²) >= 11 is 1.55. The molecule has 3 nitrogen and oxygen atoms in total. The van der Waals surface area contributed by atoms with Gasteiger partial charge >= 0.3 is 0 Å². The Balaban J connectivity index is 1.42. The molecule has 3 aromatic rings. The average molecular weight is 351 g/mol. The van der Waals surface area contributed by atoms with Crippen molar-refractivity contribution in [3.8, 4) is 5.75 Å². The molecule has 4 rings (SSSR count). The molecule has 0 atom stereocenters. The van der Waals surface area contributed by atoms with Crippen LogP contribution < -0.4 is 4.90 Å². The lowest BCUT2D eigenvalue weighted by atomic mass is 9.89. The highest BCUT2D eigenvalue weighted by Gasteiger charge is 2.21. The molecule has 2 aromatic carbocycles. The van der Waals surface area contributed by atoms with Gasteiger partial charge in [-0.25, -0.2) is 4.98 Å². The van der Waals surface area contributed by atoms with Gasteiger partial charge in [-0.1, -0.05) is 18.2 Å². The van der Waals surface area contributed by atoms with Crippen LogP contribution in [0.25, 0.3) is 10.2 Å². The van der Waals surface area contributed by atoms with Crippen molar-refractivity contribution in [2.24, 2.45) is 5.92 Å². The van der Waals surface area contributed by atoms with Gasteiger partial charge in [-0.3, -0.25) is 5.11 Å². The van der Waals surface area contributed by atoms with Gasteiger partial charge in [0.25, 0.3) is 0 Å². The normalized spacial score (nSPS) is 15.8. The molecule has 129 valence electrons. The molecule has 4 heteroatoms. The van der Waals surface area contributed by atoms with Crippen LogP contribution in [0.1, 0.15) is 29.5 Å². The minimum absolute atomic E-state index is 0.0472. The number of hydrogen-bond donors (Lipinski definition) is 0. The zero-order valence-electron chi connectivity index (χ0n) is 14.8. The van der Waals surface area contributed by atoms with Gasteiger partial charge in [0.15, 0.2) is 0 Å². The second-order valence-corrected chi connectivity index (χ2v) is 8.08. The number of hydrogen-bond acceptors (Lipinski definition) is 3. The van der Waals surface area contributed by atoms with Crippen molar-refractivity contribution in [3.63, 3.8) is 0 Å². The molecule has 0 spiro atoms. The van der Waals surface area contributed by atoms with Crippen molar-refractivity contribution < 1.29 is 5.11 Å². The number of aromatic nitrogens is 1. The minimum atomic E-state index is 0.0472. The Hall–Kier alpha value is -2.07. The molecule has 1 radical (unpaired) electrons. The van der Waals surface area contributed by atoms with Crippen molar-refractivity contribution in [3.05, 3.63) is 52.5 Å². The molecular weight excluding hydrogens is 328 g/mol. The third-order valence-electron chi connectivity index (χ3n) is 5.46. The van der Waals surface area contributed by atoms with E-state index >= 15 is 0 Å². The largest absolute Gasteiger partial charge is 0.371 e. The second kappa shape index (κ2) is 6.68. The molecule has 0 bridgehead atoms. The SMILES string of the molecule is Cc1ccc(CC2CCN(c3cc([O])c4ncsc4c3)CC2)cc1C. The summed E-state index contributed by atoms with van der Waals surface area (Å²) in [5, 5.41) is 12.2. The molecule has 2 heterocycles. The highest BCUT2D eigenvalue weighted by molar-refractivity contribution is 7.16. The van der Waals surface area contributed by atoms with Gasteiger partial charge in [0.05, 0.1) is 10.2 Å². The number of anilines is 1. The number of piperidine rings is 1. The van der Waals surface area contributed by atoms with Crippen LogP contribution in [-0.4, -0.2) is 18.1 Å². The predicted molar refractivity (Wildman–Crippen MR) is 104 cm³/mol. The standard InChI is InChI=1S/C21H23N2OS/c1-14-3-4-17(9-15(14)2)10-16-5-7-23(8-6-16)18-11-19(24)21-20(12-18)25-13-22-21/h3-4,9,11-13,16H,5-8,10H2,1-2H3. The van der Waals surface area contributed by atoms with Gasteiger partial charge < -0.3 is 4.90 Å². The number of rotatable bonds is 3. The second-order valence-electron chi connectivity index (χ2n) is 7.20. The lowest BCUT2D eigenvalue weighted by Crippen LogP contribution is -2.34. The van der Waals surface area contributed by atoms with E-state index in [0.717, 1.165) is 35.8 Å². The van der Waals surface area contributed by atoms with Crippen LogP contribution in [0, 0.1) is 19.8 Å². The summed E-state index contributed by atoms with van der Waals surface area (Å²) in [6.07, 6.45) is 3.53. The van der Waals surface area contributed by atoms with Crippen LogP contribution in [0.4, 0.5) is 5.69 Å². The fraction of sp³-hybridized carbons (Fsp3) is 0.381. The van der Waals surface area contributed by atoms with Crippen LogP contribution in [0.3, 0.4) is 0 Å². The molecule has 25 heavy (non-hydrogen) atoms. The molecule has 1 saturated heterocycles. The zero-order chi connectivity index (χ0) is 17.4. The summed E-state index contributed by atoms with van der Waals surface area (Å²) < 4.78 is 1.000. The fourth-order valence-electron chi connectivity index (χ4n) is 3.76. The number of aryl methyl sites for hydroxylation is 2. The molecular formula is C21H23N2OS. The highest BCUT2D eigenvalue weighted by atomic mass is 32.1. The Labute approximate surface area is 152 Å². The Morgan fingerprint density at radius 1 is 1.12 bits per heavy atom. The highest BCUT2D eigenvalue weighted by Crippen LogP contribution is 2.34. The predicted octanol–water partition coefficient (Wildman–Crippen LogP) is 5.52. The molecule has 0 saturated carbocycles. The number of nitrogens with zero attached hydrogens (tertiary/aromatic N) is 2. The molecule has 1 aliphatic rings. The van der Waals surface area contributed by atoms with Crippen molar-refractivity contribution in [2.45, 2.75) is 33.1 Å². The maximum Gasteiger partial charge on any atom is 0.207 e. The monoisotopic (exact) mass is 351 g/mol. The van der Waals surface area contributed by atoms with Crippen molar-refractivity contribution in [2.75, 3.05) is 18.0 Å². The number of thiazole rings is 1. The van der Waals surface area contributed by atoms with E-state index in [1.165, 1.54) is 29.5 Å². The topological polar surface area (TPSA) is 36.0 Å². The zero-order valence-corrected chi connectivity index (χ0v) is 15.6. The molecule has 0 unspecified atom stereocenters. The van der Waals surface area contributed by atoms with Gasteiger partial charge in [0.1, 0.15) is 5.52 Å². The first-order valence-electron chi connectivity index (χ1n) is 8.95. The van der Waals surface area contributed by atoms with Crippen LogP contribution in [0.2, 0.25) is 0 Å². The van der Waals surface area contributed by atoms with E-state index in [1.807, 2.05) is 0 Å². The lowest BCUT2D eigenvalue weighted by molar-refractivity contribution is 0.359. The lowest BCUT2D eigenvalue weighted by Gasteiger charge is -2.33. The Morgan fingerprint density at radius 3 is 2.68 bits per heavy atom. The van der Waals surface area contributed by atoms with Crippen molar-refractivity contribution in [1.29, 1.82) is 0 Å². The van der Waals surface area contributed by atoms with Crippen LogP contribution >= 0.6 is 11.3 Å². The van der Waals surface area contributed by atoms with Gasteiger partial charge in [0.2, 0.25) is 5.75 Å². The first kappa shape index (κ1) is 16.4. The van der Waals surface area contributed by atoms with Gasteiger partial charge in [-0.05, 0) is 61.8 Å². The third kappa shape index (κ3) is 3.36. The number of fused-ring (bicyclic) bond motifs is 1. The fourth-order valence-corrected chi connectivity index (χ4v) is 4.49. The van der Waals surface area contributed by atoms with Gasteiger partial charge in [-0.2, -0.15) is 0 Å². The van der Waals surface area contributed by atoms with E-state index in [9.17, 15) is 5.11 Å². The summed E-state index contributed by atoms with van der Waals surface area (Å²) in [5.74, 6) is 0.781. The summed E-state index contributed by atoms with van der Waals surface area (Å²) in [5.41, 5.74) is 7.63. The van der Waals surface area contributed by atoms with Crippen molar-refractivity contribution in [1.82, 2.24) is 4.98 Å². The summed E-state index contributed by atoms with van der Waals surface area (Å²) in [6, 6.07) is 10.7. The minimum Gasteiger partial charge on any atom is -0.371 e. The first-order chi connectivity index (χ1) is 12.1. The van der Waals surface area contributed by atoms with E-state index < -0.39 is 0 Å². The van der Waals surface area contributed by atoms with E-state index in [4.69, 9.17) is 0 Å². The van der Waals surface area contributed by atoms with E-state index in [-0.39, 0.29) is 5.75 Å². The maximum absolute atomic E-state index is 12.2. The molecule has 1 fully saturated rings. The Bertz CT molecular complexity index is 894. The molecule has 0 N–H and O–H groups in total. The van der Waals surface area contributed by atoms with E-state index in [1.54, 1.807) is 22.9 Å². The van der Waals surface area contributed by atoms with Crippen molar-refractivity contribution >= 4 is 27.2 Å². The summed E-state index contributed by atoms with van der Waals surface area (Å²) in [4.78, 5) is 6.52. The summed E-state index contributed by atoms with van der Waals surface area (Å²) in [7, 11) is 0. The average Bonchev–Trinajstić information content (AvgIpc) is 3.08. The van der Waals surface area contributed by atoms with Crippen LogP contribution in [0.5, 0.6) is 5.75 Å². The first-order valence-corrected chi connectivity index (χ1v) is 9.83. The molecule has 0 aliphatic carbocycles. The van der Waals surface area contributed by atoms with Crippen LogP contribution in [-0.2, 0) is 11.5 Å². The quantitative estimate of drug-likeness (QED) is 0.623. The van der Waals surface area contributed by atoms with Gasteiger partial charge in [-0.15, -0.1) is 11.3 Å². The van der Waals surface area contributed by atoms with E-state index in [0.29, 0.717) is 5.52 Å². The molecule has 1 aliphatic heterocycles. The Kier molecular flexibility index (Phi) is 4.38. The van der Waals surface area contributed by atoms with Gasteiger partial charge in [0, 0.05) is 24.8 Å². The van der Waals surface area contributed by atoms with E-state index in [2.05, 4.69) is 48.0 Å². The number of benzene rings is 2.